The standard InChI is InChI=1S/C21H23N3O3.C21H19N3O3.C15H12IN3O2/c2*1-24-13-22-11-20(24)19-10-17(21(25)26-2)16-9-14(5-6-18(16)23-19)3-4-15-7-8-27-12-15;1-19-8-17-7-14(19)13-6-11(15(20)21-2)10-5-9(16)3-4-12(10)18-13/h5-6,9-11,13,15H,3-4,7-8,12H2,1-2H3;5-6,9-11,13,15H,7-8,12H2,1-2H3;3-8H,1-2H3. The lowest BCUT2D eigenvalue weighted by Gasteiger charge is -2.11. The molecule has 18 heteroatoms. The van der Waals surface area contributed by atoms with Crippen LogP contribution in [0.5, 0.6) is 0 Å². The monoisotopic (exact) mass is 1120 g/mol. The average Bonchev–Trinajstić information content (AvgIpc) is 4.32. The predicted octanol–water partition coefficient (Wildman–Crippen LogP) is 9.23. The molecule has 2 atom stereocenters. The SMILES string of the molecule is COC(=O)c1cc(-c2cncn2C)nc2ccc(C#CC3CCOC3)cc12.COC(=O)c1cc(-c2cncn2C)nc2ccc(CCC3CCOC3)cc12.COC(=O)c1cc(-c2cncn2C)nc2ccc(I)cc12. The van der Waals surface area contributed by atoms with E-state index in [1.54, 1.807) is 55.8 Å². The van der Waals surface area contributed by atoms with Crippen LogP contribution < -0.4 is 0 Å². The van der Waals surface area contributed by atoms with Gasteiger partial charge in [-0.1, -0.05) is 17.9 Å². The number of carbonyl (C=O) groups excluding carboxylic acids is 3. The molecule has 75 heavy (non-hydrogen) atoms. The summed E-state index contributed by atoms with van der Waals surface area (Å²) < 4.78 is 32.4. The van der Waals surface area contributed by atoms with Crippen molar-refractivity contribution in [2.24, 2.45) is 33.0 Å². The Labute approximate surface area is 446 Å². The Hall–Kier alpha value is -7.86. The van der Waals surface area contributed by atoms with Crippen molar-refractivity contribution in [3.05, 3.63) is 142 Å². The molecule has 17 nitrogen and oxygen atoms in total. The molecule has 2 aliphatic rings. The smallest absolute Gasteiger partial charge is 0.338 e. The molecule has 11 rings (SSSR count). The van der Waals surface area contributed by atoms with E-state index in [4.69, 9.17) is 33.7 Å². The van der Waals surface area contributed by atoms with Gasteiger partial charge < -0.3 is 37.4 Å². The number of benzene rings is 3. The number of nitrogens with zero attached hydrogens (tertiary/aromatic N) is 9. The van der Waals surface area contributed by atoms with Crippen molar-refractivity contribution in [3.63, 3.8) is 0 Å². The number of ether oxygens (including phenoxy) is 5. The van der Waals surface area contributed by atoms with Crippen LogP contribution in [0.2, 0.25) is 0 Å². The Morgan fingerprint density at radius 2 is 1.07 bits per heavy atom. The number of methoxy groups -OCH3 is 3. The minimum Gasteiger partial charge on any atom is -0.465 e. The molecule has 0 amide bonds. The molecule has 9 aromatic rings. The fraction of sp³-hybridized carbons (Fsp3) is 0.281. The molecule has 382 valence electrons. The van der Waals surface area contributed by atoms with Crippen LogP contribution >= 0.6 is 22.6 Å². The van der Waals surface area contributed by atoms with Gasteiger partial charge in [-0.15, -0.1) is 0 Å². The van der Waals surface area contributed by atoms with E-state index in [1.165, 1.54) is 26.9 Å². The maximum absolute atomic E-state index is 12.4. The number of carbonyl (C=O) groups is 3. The Balaban J connectivity index is 0.000000139. The summed E-state index contributed by atoms with van der Waals surface area (Å²) in [6.07, 6.45) is 14.5. The highest BCUT2D eigenvalue weighted by Crippen LogP contribution is 2.30. The highest BCUT2D eigenvalue weighted by atomic mass is 127. The van der Waals surface area contributed by atoms with E-state index in [-0.39, 0.29) is 17.9 Å². The Bertz CT molecular complexity index is 3640. The molecule has 2 fully saturated rings. The second-order valence-electron chi connectivity index (χ2n) is 18.2. The van der Waals surface area contributed by atoms with Gasteiger partial charge in [0.1, 0.15) is 0 Å². The first-order valence-electron chi connectivity index (χ1n) is 24.2. The van der Waals surface area contributed by atoms with Crippen LogP contribution in [-0.2, 0) is 51.2 Å². The molecule has 0 saturated carbocycles. The summed E-state index contributed by atoms with van der Waals surface area (Å²) in [6, 6.07) is 22.9. The molecule has 0 bridgehead atoms. The summed E-state index contributed by atoms with van der Waals surface area (Å²) >= 11 is 2.21. The van der Waals surface area contributed by atoms with Crippen LogP contribution in [0.4, 0.5) is 0 Å². The fourth-order valence-electron chi connectivity index (χ4n) is 8.99. The van der Waals surface area contributed by atoms with Crippen molar-refractivity contribution in [2.75, 3.05) is 47.8 Å². The zero-order valence-corrected chi connectivity index (χ0v) is 44.5. The lowest BCUT2D eigenvalue weighted by atomic mass is 9.97. The number of fused-ring (bicyclic) bond motifs is 3. The number of imidazole rings is 3. The maximum Gasteiger partial charge on any atom is 0.338 e. The van der Waals surface area contributed by atoms with Gasteiger partial charge >= 0.3 is 17.9 Å². The van der Waals surface area contributed by atoms with Gasteiger partial charge in [0.05, 0.1) is 133 Å². The predicted molar refractivity (Wildman–Crippen MR) is 292 cm³/mol. The van der Waals surface area contributed by atoms with Gasteiger partial charge in [0, 0.05) is 72.2 Å². The van der Waals surface area contributed by atoms with Crippen molar-refractivity contribution >= 4 is 73.2 Å². The summed E-state index contributed by atoms with van der Waals surface area (Å²) in [4.78, 5) is 63.3. The Morgan fingerprint density at radius 3 is 1.52 bits per heavy atom. The fourth-order valence-corrected chi connectivity index (χ4v) is 9.48. The zero-order chi connectivity index (χ0) is 52.6. The normalized spacial score (nSPS) is 14.9. The molecule has 0 radical (unpaired) electrons. The number of pyridine rings is 3. The van der Waals surface area contributed by atoms with E-state index >= 15 is 0 Å². The van der Waals surface area contributed by atoms with E-state index in [9.17, 15) is 14.4 Å². The maximum atomic E-state index is 12.4. The second kappa shape index (κ2) is 23.6. The molecule has 3 aromatic carbocycles. The van der Waals surface area contributed by atoms with Crippen molar-refractivity contribution in [3.8, 4) is 46.0 Å². The highest BCUT2D eigenvalue weighted by Gasteiger charge is 2.21. The van der Waals surface area contributed by atoms with Crippen LogP contribution in [0, 0.1) is 27.2 Å². The molecule has 8 heterocycles. The van der Waals surface area contributed by atoms with Gasteiger partial charge in [-0.3, -0.25) is 0 Å². The van der Waals surface area contributed by atoms with Crippen LogP contribution in [0.3, 0.4) is 0 Å². The quantitative estimate of drug-likeness (QED) is 0.0575. The van der Waals surface area contributed by atoms with Gasteiger partial charge in [-0.25, -0.2) is 44.3 Å². The first kappa shape index (κ1) is 52.0. The Kier molecular flexibility index (Phi) is 16.3. The molecular formula is C57H54IN9O8. The number of hydrogen-bond acceptors (Lipinski definition) is 14. The number of esters is 3. The number of halogens is 1. The van der Waals surface area contributed by atoms with E-state index in [0.29, 0.717) is 51.8 Å². The van der Waals surface area contributed by atoms with Crippen molar-refractivity contribution in [1.82, 2.24) is 43.6 Å². The van der Waals surface area contributed by atoms with E-state index in [1.807, 2.05) is 77.3 Å². The molecule has 0 aliphatic carbocycles. The van der Waals surface area contributed by atoms with E-state index < -0.39 is 5.97 Å². The Morgan fingerprint density at radius 1 is 0.600 bits per heavy atom. The van der Waals surface area contributed by atoms with E-state index in [0.717, 1.165) is 98.9 Å². The van der Waals surface area contributed by atoms with Gasteiger partial charge in [0.15, 0.2) is 0 Å². The highest BCUT2D eigenvalue weighted by molar-refractivity contribution is 14.1. The van der Waals surface area contributed by atoms with Crippen LogP contribution in [0.15, 0.2) is 110 Å². The number of aryl methyl sites for hydroxylation is 4. The summed E-state index contributed by atoms with van der Waals surface area (Å²) in [5, 5.41) is 2.34. The van der Waals surface area contributed by atoms with Gasteiger partial charge in [0.2, 0.25) is 0 Å². The van der Waals surface area contributed by atoms with Gasteiger partial charge in [-0.05, 0) is 126 Å². The molecule has 2 saturated heterocycles. The topological polar surface area (TPSA) is 189 Å². The van der Waals surface area contributed by atoms with Gasteiger partial charge in [-0.2, -0.15) is 0 Å². The number of aromatic nitrogens is 9. The van der Waals surface area contributed by atoms with Crippen LogP contribution in [0.25, 0.3) is 66.9 Å². The molecule has 0 N–H and O–H groups in total. The summed E-state index contributed by atoms with van der Waals surface area (Å²) in [7, 11) is 9.84. The summed E-state index contributed by atoms with van der Waals surface area (Å²) in [5.74, 6) is 6.21. The third kappa shape index (κ3) is 11.9. The lowest BCUT2D eigenvalue weighted by molar-refractivity contribution is 0.0594. The molecule has 2 unspecified atom stereocenters. The van der Waals surface area contributed by atoms with E-state index in [2.05, 4.69) is 66.5 Å². The lowest BCUT2D eigenvalue weighted by Crippen LogP contribution is -2.05. The van der Waals surface area contributed by atoms with Crippen LogP contribution in [0.1, 0.15) is 61.5 Å². The zero-order valence-electron chi connectivity index (χ0n) is 42.4. The molecule has 2 aliphatic heterocycles. The minimum absolute atomic E-state index is 0.270. The number of rotatable bonds is 9. The summed E-state index contributed by atoms with van der Waals surface area (Å²) in [6.45, 7) is 3.18. The minimum atomic E-state index is -0.403. The number of hydrogen-bond donors (Lipinski definition) is 0. The average molecular weight is 1120 g/mol. The second-order valence-corrected chi connectivity index (χ2v) is 19.4. The van der Waals surface area contributed by atoms with Crippen molar-refractivity contribution in [2.45, 2.75) is 25.7 Å². The van der Waals surface area contributed by atoms with Gasteiger partial charge in [0.25, 0.3) is 0 Å². The molecular weight excluding hydrogens is 1070 g/mol. The molecule has 6 aromatic heterocycles. The molecule has 0 spiro atoms. The van der Waals surface area contributed by atoms with Crippen molar-refractivity contribution < 1.29 is 38.1 Å². The third-order valence-corrected chi connectivity index (χ3v) is 13.8. The summed E-state index contributed by atoms with van der Waals surface area (Å²) in [5.41, 5.74) is 10.4. The first-order valence-corrected chi connectivity index (χ1v) is 25.3. The third-order valence-electron chi connectivity index (χ3n) is 13.1. The van der Waals surface area contributed by atoms with Crippen LogP contribution in [-0.4, -0.2) is 109 Å². The first-order chi connectivity index (χ1) is 36.4. The van der Waals surface area contributed by atoms with Crippen molar-refractivity contribution in [1.29, 1.82) is 0 Å². The largest absolute Gasteiger partial charge is 0.465 e.